The van der Waals surface area contributed by atoms with Crippen LogP contribution in [-0.2, 0) is 10.0 Å². The minimum Gasteiger partial charge on any atom is -0.288 e. The second-order valence-corrected chi connectivity index (χ2v) is 5.02. The molecule has 1 aromatic rings. The van der Waals surface area contributed by atoms with Crippen LogP contribution in [0.5, 0.6) is 0 Å². The average molecular weight is 240 g/mol. The number of sulfonamides is 1. The average Bonchev–Trinajstić information content (AvgIpc) is 2.55. The van der Waals surface area contributed by atoms with Crippen LogP contribution >= 0.6 is 0 Å². The zero-order chi connectivity index (χ0) is 11.9. The third-order valence-electron chi connectivity index (χ3n) is 2.28. The van der Waals surface area contributed by atoms with Crippen molar-refractivity contribution in [1.82, 2.24) is 10.0 Å². The first-order chi connectivity index (χ1) is 7.47. The maximum atomic E-state index is 11.6. The third kappa shape index (κ3) is 1.41. The summed E-state index contributed by atoms with van der Waals surface area (Å²) in [7, 11) is -2.50. The first-order valence-corrected chi connectivity index (χ1v) is 5.88. The molecule has 0 aromatic heterocycles. The molecular formula is C9H8N2O4S. The molecule has 0 fully saturated rings. The molecule has 1 aliphatic rings. The number of carbonyl (C=O) groups excluding carboxylic acids is 2. The first kappa shape index (κ1) is 10.8. The van der Waals surface area contributed by atoms with Crippen LogP contribution in [0.2, 0.25) is 0 Å². The summed E-state index contributed by atoms with van der Waals surface area (Å²) >= 11 is 0. The van der Waals surface area contributed by atoms with Crippen LogP contribution in [0.1, 0.15) is 20.7 Å². The molecular weight excluding hydrogens is 232 g/mol. The Labute approximate surface area is 91.7 Å². The lowest BCUT2D eigenvalue weighted by atomic mass is 10.1. The predicted octanol–water partition coefficient (Wildman–Crippen LogP) is -0.522. The number of carbonyl (C=O) groups is 2. The normalized spacial score (nSPS) is 14.8. The van der Waals surface area contributed by atoms with Crippen LogP contribution in [0.3, 0.4) is 0 Å². The topological polar surface area (TPSA) is 92.3 Å². The van der Waals surface area contributed by atoms with E-state index >= 15 is 0 Å². The smallest absolute Gasteiger partial charge is 0.260 e. The molecule has 0 atom stereocenters. The standard InChI is InChI=1S/C9H8N2O4S/c1-10-16(14,15)6-4-2-3-5-7(6)9(13)11-8(5)12/h2-4,10H,1H3,(H,11,12,13). The summed E-state index contributed by atoms with van der Waals surface area (Å²) in [6.07, 6.45) is 0. The highest BCUT2D eigenvalue weighted by molar-refractivity contribution is 7.89. The largest absolute Gasteiger partial charge is 0.288 e. The molecule has 1 aromatic carbocycles. The Morgan fingerprint density at radius 3 is 2.50 bits per heavy atom. The van der Waals surface area contributed by atoms with E-state index in [4.69, 9.17) is 0 Å². The summed E-state index contributed by atoms with van der Waals surface area (Å²) in [4.78, 5) is 22.5. The molecule has 0 aliphatic carbocycles. The van der Waals surface area contributed by atoms with Crippen molar-refractivity contribution in [3.8, 4) is 0 Å². The molecule has 84 valence electrons. The van der Waals surface area contributed by atoms with Gasteiger partial charge >= 0.3 is 0 Å². The molecule has 1 aliphatic heterocycles. The van der Waals surface area contributed by atoms with E-state index in [-0.39, 0.29) is 16.0 Å². The molecule has 16 heavy (non-hydrogen) atoms. The number of amides is 2. The second kappa shape index (κ2) is 3.39. The van der Waals surface area contributed by atoms with Gasteiger partial charge in [-0.05, 0) is 19.2 Å². The molecule has 6 nitrogen and oxygen atoms in total. The highest BCUT2D eigenvalue weighted by atomic mass is 32.2. The van der Waals surface area contributed by atoms with Crippen LogP contribution in [0.4, 0.5) is 0 Å². The number of hydrogen-bond acceptors (Lipinski definition) is 4. The van der Waals surface area contributed by atoms with Crippen molar-refractivity contribution in [3.63, 3.8) is 0 Å². The van der Waals surface area contributed by atoms with E-state index in [1.807, 2.05) is 5.32 Å². The van der Waals surface area contributed by atoms with Crippen LogP contribution in [-0.4, -0.2) is 27.3 Å². The summed E-state index contributed by atoms with van der Waals surface area (Å²) in [5.74, 6) is -1.26. The van der Waals surface area contributed by atoms with Crippen molar-refractivity contribution in [1.29, 1.82) is 0 Å². The number of nitrogens with one attached hydrogen (secondary N) is 2. The molecule has 2 rings (SSSR count). The van der Waals surface area contributed by atoms with Gasteiger partial charge in [0.15, 0.2) is 0 Å². The van der Waals surface area contributed by atoms with Gasteiger partial charge in [0.2, 0.25) is 10.0 Å². The van der Waals surface area contributed by atoms with Gasteiger partial charge in [-0.15, -0.1) is 0 Å². The number of imide groups is 1. The summed E-state index contributed by atoms with van der Waals surface area (Å²) in [6.45, 7) is 0. The van der Waals surface area contributed by atoms with Crippen molar-refractivity contribution in [2.45, 2.75) is 4.90 Å². The second-order valence-electron chi connectivity index (χ2n) is 3.17. The van der Waals surface area contributed by atoms with E-state index in [1.54, 1.807) is 0 Å². The Morgan fingerprint density at radius 1 is 1.19 bits per heavy atom. The fourth-order valence-electron chi connectivity index (χ4n) is 1.52. The molecule has 2 amide bonds. The number of fused-ring (bicyclic) bond motifs is 1. The lowest BCUT2D eigenvalue weighted by molar-refractivity contribution is 0.0878. The molecule has 1 heterocycles. The molecule has 0 unspecified atom stereocenters. The zero-order valence-corrected chi connectivity index (χ0v) is 9.09. The Bertz CT molecular complexity index is 592. The molecule has 0 spiro atoms. The molecule has 0 saturated carbocycles. The van der Waals surface area contributed by atoms with Gasteiger partial charge in [-0.25, -0.2) is 13.1 Å². The Morgan fingerprint density at radius 2 is 1.88 bits per heavy atom. The van der Waals surface area contributed by atoms with Gasteiger partial charge < -0.3 is 0 Å². The quantitative estimate of drug-likeness (QED) is 0.680. The van der Waals surface area contributed by atoms with Crippen LogP contribution < -0.4 is 10.0 Å². The van der Waals surface area contributed by atoms with Crippen molar-refractivity contribution < 1.29 is 18.0 Å². The minimum absolute atomic E-state index is 0.0846. The number of benzene rings is 1. The van der Waals surface area contributed by atoms with E-state index in [9.17, 15) is 18.0 Å². The minimum atomic E-state index is -3.74. The van der Waals surface area contributed by atoms with E-state index in [0.717, 1.165) is 0 Å². The van der Waals surface area contributed by atoms with Gasteiger partial charge in [0.25, 0.3) is 11.8 Å². The highest BCUT2D eigenvalue weighted by Gasteiger charge is 2.32. The van der Waals surface area contributed by atoms with Gasteiger partial charge in [-0.2, -0.15) is 0 Å². The van der Waals surface area contributed by atoms with Gasteiger partial charge in [-0.1, -0.05) is 6.07 Å². The van der Waals surface area contributed by atoms with Gasteiger partial charge in [0, 0.05) is 0 Å². The monoisotopic (exact) mass is 240 g/mol. The zero-order valence-electron chi connectivity index (χ0n) is 8.27. The summed E-state index contributed by atoms with van der Waals surface area (Å²) in [6, 6.07) is 4.11. The fraction of sp³-hybridized carbons (Fsp3) is 0.111. The Hall–Kier alpha value is -1.73. The first-order valence-electron chi connectivity index (χ1n) is 4.39. The van der Waals surface area contributed by atoms with Crippen LogP contribution in [0, 0.1) is 0 Å². The highest BCUT2D eigenvalue weighted by Crippen LogP contribution is 2.23. The number of rotatable bonds is 2. The maximum Gasteiger partial charge on any atom is 0.260 e. The van der Waals surface area contributed by atoms with Gasteiger partial charge in [0.05, 0.1) is 16.0 Å². The van der Waals surface area contributed by atoms with Crippen LogP contribution in [0.15, 0.2) is 23.1 Å². The van der Waals surface area contributed by atoms with E-state index in [1.165, 1.54) is 25.2 Å². The third-order valence-corrected chi connectivity index (χ3v) is 3.74. The van der Waals surface area contributed by atoms with E-state index < -0.39 is 21.8 Å². The van der Waals surface area contributed by atoms with Crippen molar-refractivity contribution in [2.24, 2.45) is 0 Å². The molecule has 0 radical (unpaired) electrons. The Balaban J connectivity index is 2.77. The van der Waals surface area contributed by atoms with Gasteiger partial charge in [0.1, 0.15) is 0 Å². The molecule has 7 heteroatoms. The fourth-order valence-corrected chi connectivity index (χ4v) is 2.47. The van der Waals surface area contributed by atoms with Crippen molar-refractivity contribution in [2.75, 3.05) is 7.05 Å². The summed E-state index contributed by atoms with van der Waals surface area (Å²) < 4.78 is 25.3. The van der Waals surface area contributed by atoms with Gasteiger partial charge in [-0.3, -0.25) is 14.9 Å². The van der Waals surface area contributed by atoms with E-state index in [2.05, 4.69) is 4.72 Å². The number of hydrogen-bond donors (Lipinski definition) is 2. The SMILES string of the molecule is CNS(=O)(=O)c1cccc2c1C(=O)NC2=O. The van der Waals surface area contributed by atoms with Crippen molar-refractivity contribution >= 4 is 21.8 Å². The Kier molecular flexibility index (Phi) is 2.28. The summed E-state index contributed by atoms with van der Waals surface area (Å²) in [5.41, 5.74) is -0.0109. The van der Waals surface area contributed by atoms with Crippen LogP contribution in [0.25, 0.3) is 0 Å². The predicted molar refractivity (Wildman–Crippen MR) is 54.5 cm³/mol. The van der Waals surface area contributed by atoms with E-state index in [0.29, 0.717) is 0 Å². The molecule has 2 N–H and O–H groups in total. The van der Waals surface area contributed by atoms with Crippen molar-refractivity contribution in [3.05, 3.63) is 29.3 Å². The lowest BCUT2D eigenvalue weighted by Gasteiger charge is -2.05. The molecule has 0 bridgehead atoms. The lowest BCUT2D eigenvalue weighted by Crippen LogP contribution is -2.23. The molecule has 0 saturated heterocycles. The maximum absolute atomic E-state index is 11.6. The summed E-state index contributed by atoms with van der Waals surface area (Å²) in [5, 5.41) is 2.05.